The van der Waals surface area contributed by atoms with E-state index in [4.69, 9.17) is 4.74 Å². The predicted octanol–water partition coefficient (Wildman–Crippen LogP) is 0.243. The molecule has 3 heterocycles. The van der Waals surface area contributed by atoms with Gasteiger partial charge in [0.25, 0.3) is 5.91 Å². The SMILES string of the molecule is CC(C)c1[nH]c(=O)ccc1C(=O)N[C@H]1COC[C@@H]1N1CCN(C)CC1. The molecule has 2 aliphatic heterocycles. The van der Waals surface area contributed by atoms with Gasteiger partial charge in [-0.05, 0) is 19.0 Å². The van der Waals surface area contributed by atoms with Gasteiger partial charge in [0, 0.05) is 37.9 Å². The highest BCUT2D eigenvalue weighted by molar-refractivity contribution is 5.95. The van der Waals surface area contributed by atoms with Gasteiger partial charge in [-0.25, -0.2) is 0 Å². The standard InChI is InChI=1S/C18H28N4O3/c1-12(2)17-13(4-5-16(23)20-17)18(24)19-14-10-25-11-15(14)22-8-6-21(3)7-9-22/h4-5,12,14-15H,6-11H2,1-3H3,(H,19,24)(H,20,23)/t14-,15-/m0/s1. The minimum absolute atomic E-state index is 0.0251. The number of rotatable bonds is 4. The third-order valence-electron chi connectivity index (χ3n) is 5.15. The molecule has 0 saturated carbocycles. The number of aromatic amines is 1. The maximum atomic E-state index is 12.8. The minimum atomic E-state index is -0.181. The second kappa shape index (κ2) is 7.68. The summed E-state index contributed by atoms with van der Waals surface area (Å²) >= 11 is 0. The summed E-state index contributed by atoms with van der Waals surface area (Å²) in [6.07, 6.45) is 0. The van der Waals surface area contributed by atoms with E-state index in [1.165, 1.54) is 6.07 Å². The monoisotopic (exact) mass is 348 g/mol. The summed E-state index contributed by atoms with van der Waals surface area (Å²) in [6, 6.07) is 3.21. The third-order valence-corrected chi connectivity index (χ3v) is 5.15. The summed E-state index contributed by atoms with van der Waals surface area (Å²) in [4.78, 5) is 31.9. The van der Waals surface area contributed by atoms with E-state index in [0.29, 0.717) is 24.5 Å². The van der Waals surface area contributed by atoms with Crippen molar-refractivity contribution >= 4 is 5.91 Å². The van der Waals surface area contributed by atoms with Crippen LogP contribution in [0.1, 0.15) is 35.8 Å². The Hall–Kier alpha value is -1.70. The summed E-state index contributed by atoms with van der Waals surface area (Å²) in [6.45, 7) is 9.17. The van der Waals surface area contributed by atoms with Crippen LogP contribution in [-0.2, 0) is 4.74 Å². The normalized spacial score (nSPS) is 25.4. The topological polar surface area (TPSA) is 77.7 Å². The van der Waals surface area contributed by atoms with Crippen molar-refractivity contribution in [3.63, 3.8) is 0 Å². The molecule has 3 rings (SSSR count). The number of ether oxygens (including phenoxy) is 1. The van der Waals surface area contributed by atoms with Crippen LogP contribution in [0.25, 0.3) is 0 Å². The molecular formula is C18H28N4O3. The van der Waals surface area contributed by atoms with Crippen molar-refractivity contribution in [3.05, 3.63) is 33.7 Å². The van der Waals surface area contributed by atoms with Gasteiger partial charge in [-0.1, -0.05) is 13.8 Å². The largest absolute Gasteiger partial charge is 0.378 e. The number of hydrogen-bond acceptors (Lipinski definition) is 5. The van der Waals surface area contributed by atoms with E-state index in [-0.39, 0.29) is 29.5 Å². The molecule has 0 aromatic carbocycles. The molecule has 2 saturated heterocycles. The predicted molar refractivity (Wildman–Crippen MR) is 96.1 cm³/mol. The van der Waals surface area contributed by atoms with Crippen LogP contribution in [0.5, 0.6) is 0 Å². The van der Waals surface area contributed by atoms with Gasteiger partial charge < -0.3 is 19.9 Å². The number of nitrogens with zero attached hydrogens (tertiary/aromatic N) is 2. The van der Waals surface area contributed by atoms with Gasteiger partial charge in [-0.15, -0.1) is 0 Å². The molecule has 2 N–H and O–H groups in total. The zero-order valence-electron chi connectivity index (χ0n) is 15.2. The van der Waals surface area contributed by atoms with Crippen molar-refractivity contribution in [1.29, 1.82) is 0 Å². The van der Waals surface area contributed by atoms with Crippen molar-refractivity contribution < 1.29 is 9.53 Å². The lowest BCUT2D eigenvalue weighted by molar-refractivity contribution is 0.0828. The first-order chi connectivity index (χ1) is 12.0. The molecule has 1 aromatic heterocycles. The van der Waals surface area contributed by atoms with E-state index < -0.39 is 0 Å². The highest BCUT2D eigenvalue weighted by Crippen LogP contribution is 2.18. The molecule has 0 radical (unpaired) electrons. The van der Waals surface area contributed by atoms with E-state index >= 15 is 0 Å². The van der Waals surface area contributed by atoms with E-state index in [0.717, 1.165) is 26.2 Å². The van der Waals surface area contributed by atoms with Crippen LogP contribution < -0.4 is 10.9 Å². The quantitative estimate of drug-likeness (QED) is 0.815. The van der Waals surface area contributed by atoms with E-state index in [1.807, 2.05) is 13.8 Å². The summed E-state index contributed by atoms with van der Waals surface area (Å²) < 4.78 is 5.66. The van der Waals surface area contributed by atoms with Crippen molar-refractivity contribution in [1.82, 2.24) is 20.1 Å². The van der Waals surface area contributed by atoms with Crippen molar-refractivity contribution in [2.24, 2.45) is 0 Å². The molecule has 1 aromatic rings. The van der Waals surface area contributed by atoms with Gasteiger partial charge >= 0.3 is 0 Å². The van der Waals surface area contributed by atoms with Crippen LogP contribution >= 0.6 is 0 Å². The molecule has 7 heteroatoms. The number of pyridine rings is 1. The molecule has 0 unspecified atom stereocenters. The smallest absolute Gasteiger partial charge is 0.253 e. The van der Waals surface area contributed by atoms with Gasteiger partial charge in [0.2, 0.25) is 5.56 Å². The van der Waals surface area contributed by atoms with Crippen molar-refractivity contribution in [2.75, 3.05) is 46.4 Å². The molecule has 25 heavy (non-hydrogen) atoms. The van der Waals surface area contributed by atoms with Gasteiger partial charge in [-0.3, -0.25) is 14.5 Å². The first kappa shape index (κ1) is 18.1. The van der Waals surface area contributed by atoms with Crippen LogP contribution in [-0.4, -0.2) is 79.2 Å². The van der Waals surface area contributed by atoms with Gasteiger partial charge in [0.05, 0.1) is 30.9 Å². The Morgan fingerprint density at radius 1 is 1.24 bits per heavy atom. The molecule has 2 fully saturated rings. The molecule has 0 spiro atoms. The first-order valence-electron chi connectivity index (χ1n) is 9.00. The number of hydrogen-bond donors (Lipinski definition) is 2. The number of piperazine rings is 1. The summed E-state index contributed by atoms with van der Waals surface area (Å²) in [5.41, 5.74) is 1.04. The third kappa shape index (κ3) is 4.11. The molecule has 0 aliphatic carbocycles. The lowest BCUT2D eigenvalue weighted by Gasteiger charge is -2.38. The van der Waals surface area contributed by atoms with Crippen LogP contribution in [0.3, 0.4) is 0 Å². The van der Waals surface area contributed by atoms with Crippen molar-refractivity contribution in [2.45, 2.75) is 31.8 Å². The zero-order chi connectivity index (χ0) is 18.0. The second-order valence-electron chi connectivity index (χ2n) is 7.33. The van der Waals surface area contributed by atoms with Crippen LogP contribution in [0.4, 0.5) is 0 Å². The Kier molecular flexibility index (Phi) is 5.56. The Labute approximate surface area is 148 Å². The number of carbonyl (C=O) groups is 1. The second-order valence-corrected chi connectivity index (χ2v) is 7.33. The van der Waals surface area contributed by atoms with Crippen LogP contribution in [0.15, 0.2) is 16.9 Å². The highest BCUT2D eigenvalue weighted by atomic mass is 16.5. The Morgan fingerprint density at radius 2 is 1.96 bits per heavy atom. The fraction of sp³-hybridized carbons (Fsp3) is 0.667. The van der Waals surface area contributed by atoms with Gasteiger partial charge in [0.15, 0.2) is 0 Å². The van der Waals surface area contributed by atoms with E-state index in [9.17, 15) is 9.59 Å². The molecular weight excluding hydrogens is 320 g/mol. The Bertz CT molecular complexity index is 665. The summed E-state index contributed by atoms with van der Waals surface area (Å²) in [7, 11) is 2.13. The number of nitrogens with one attached hydrogen (secondary N) is 2. The number of amides is 1. The Morgan fingerprint density at radius 3 is 2.64 bits per heavy atom. The molecule has 2 aliphatic rings. The highest BCUT2D eigenvalue weighted by Gasteiger charge is 2.35. The number of aromatic nitrogens is 1. The summed E-state index contributed by atoms with van der Waals surface area (Å²) in [5.74, 6) is -0.0718. The van der Waals surface area contributed by atoms with Gasteiger partial charge in [-0.2, -0.15) is 0 Å². The number of H-pyrrole nitrogens is 1. The summed E-state index contributed by atoms with van der Waals surface area (Å²) in [5, 5.41) is 3.13. The molecule has 7 nitrogen and oxygen atoms in total. The zero-order valence-corrected chi connectivity index (χ0v) is 15.2. The molecule has 2 atom stereocenters. The van der Waals surface area contributed by atoms with E-state index in [1.54, 1.807) is 6.07 Å². The molecule has 138 valence electrons. The fourth-order valence-electron chi connectivity index (χ4n) is 3.58. The average Bonchev–Trinajstić information content (AvgIpc) is 3.03. The first-order valence-corrected chi connectivity index (χ1v) is 9.00. The maximum absolute atomic E-state index is 12.8. The molecule has 1 amide bonds. The lowest BCUT2D eigenvalue weighted by atomic mass is 10.0. The minimum Gasteiger partial charge on any atom is -0.378 e. The average molecular weight is 348 g/mol. The van der Waals surface area contributed by atoms with Crippen molar-refractivity contribution in [3.8, 4) is 0 Å². The maximum Gasteiger partial charge on any atom is 0.253 e. The van der Waals surface area contributed by atoms with E-state index in [2.05, 4.69) is 27.1 Å². The van der Waals surface area contributed by atoms with Gasteiger partial charge in [0.1, 0.15) is 0 Å². The molecule has 0 bridgehead atoms. The number of likely N-dealkylation sites (N-methyl/N-ethyl adjacent to an activating group) is 1. The van der Waals surface area contributed by atoms with Crippen LogP contribution in [0, 0.1) is 0 Å². The number of carbonyl (C=O) groups excluding carboxylic acids is 1. The van der Waals surface area contributed by atoms with Crippen LogP contribution in [0.2, 0.25) is 0 Å². The Balaban J connectivity index is 1.71. The lowest BCUT2D eigenvalue weighted by Crippen LogP contribution is -2.56. The fourth-order valence-corrected chi connectivity index (χ4v) is 3.58.